The lowest BCUT2D eigenvalue weighted by Gasteiger charge is -2.06. The van der Waals surface area contributed by atoms with Crippen LogP contribution in [0.4, 0.5) is 0 Å². The summed E-state index contributed by atoms with van der Waals surface area (Å²) in [6, 6.07) is 0. The number of ether oxygens (including phenoxy) is 1. The van der Waals surface area contributed by atoms with Crippen molar-refractivity contribution in [3.63, 3.8) is 0 Å². The Morgan fingerprint density at radius 3 is 2.26 bits per heavy atom. The Morgan fingerprint density at radius 2 is 1.74 bits per heavy atom. The normalized spacial score (nSPS) is 22.7. The Labute approximate surface area is 110 Å². The van der Waals surface area contributed by atoms with Crippen LogP contribution in [0.25, 0.3) is 0 Å². The molecule has 0 heterocycles. The van der Waals surface area contributed by atoms with Crippen molar-refractivity contribution in [2.75, 3.05) is 6.61 Å². The van der Waals surface area contributed by atoms with Crippen LogP contribution in [0, 0.1) is 11.8 Å². The van der Waals surface area contributed by atoms with Gasteiger partial charge in [0.05, 0.1) is 12.5 Å². The number of hydrogen-bond donors (Lipinski definition) is 0. The minimum atomic E-state index is -1.78. The summed E-state index contributed by atoms with van der Waals surface area (Å²) in [5, 5.41) is 0. The van der Waals surface area contributed by atoms with Crippen LogP contribution in [0.5, 0.6) is 0 Å². The van der Waals surface area contributed by atoms with Crippen molar-refractivity contribution >= 4 is 29.1 Å². The molecule has 6 heteroatoms. The lowest BCUT2D eigenvalue weighted by atomic mass is 9.95. The minimum absolute atomic E-state index is 0.0348. The maximum atomic E-state index is 11.9. The van der Waals surface area contributed by atoms with Crippen molar-refractivity contribution in [3.8, 4) is 0 Å². The molecule has 0 radical (unpaired) electrons. The average Bonchev–Trinajstić information content (AvgIpc) is 2.58. The molecule has 0 saturated heterocycles. The van der Waals surface area contributed by atoms with Gasteiger partial charge in [0, 0.05) is 0 Å². The van der Waals surface area contributed by atoms with Crippen LogP contribution in [0.1, 0.15) is 33.1 Å². The first-order valence-electron chi connectivity index (χ1n) is 6.28. The van der Waals surface area contributed by atoms with Gasteiger partial charge >= 0.3 is 5.97 Å². The third kappa shape index (κ3) is 2.94. The van der Waals surface area contributed by atoms with E-state index in [1.807, 2.05) is 6.92 Å². The number of rotatable bonds is 6. The summed E-state index contributed by atoms with van der Waals surface area (Å²) in [6.45, 7) is 3.35. The van der Waals surface area contributed by atoms with E-state index in [2.05, 4.69) is 4.74 Å². The highest BCUT2D eigenvalue weighted by Gasteiger charge is 2.53. The van der Waals surface area contributed by atoms with Crippen LogP contribution in [0.15, 0.2) is 0 Å². The minimum Gasteiger partial charge on any atom is -0.460 e. The number of Topliss-reactive ketones (excluding diaryl/α,β-unsaturated/α-hetero) is 4. The van der Waals surface area contributed by atoms with Crippen LogP contribution in [0.2, 0.25) is 0 Å². The Morgan fingerprint density at radius 1 is 1.11 bits per heavy atom. The van der Waals surface area contributed by atoms with E-state index >= 15 is 0 Å². The van der Waals surface area contributed by atoms with Gasteiger partial charge in [-0.15, -0.1) is 0 Å². The molecule has 1 fully saturated rings. The van der Waals surface area contributed by atoms with Gasteiger partial charge in [-0.2, -0.15) is 0 Å². The molecule has 0 spiro atoms. The largest absolute Gasteiger partial charge is 0.460 e. The van der Waals surface area contributed by atoms with E-state index in [0.29, 0.717) is 6.42 Å². The quantitative estimate of drug-likeness (QED) is 0.389. The molecule has 2 atom stereocenters. The molecule has 0 bridgehead atoms. The van der Waals surface area contributed by atoms with E-state index in [1.165, 1.54) is 6.92 Å². The highest BCUT2D eigenvalue weighted by Crippen LogP contribution is 2.26. The van der Waals surface area contributed by atoms with Crippen molar-refractivity contribution in [2.24, 2.45) is 11.8 Å². The van der Waals surface area contributed by atoms with Gasteiger partial charge in [-0.05, 0) is 13.3 Å². The van der Waals surface area contributed by atoms with E-state index < -0.39 is 40.9 Å². The summed E-state index contributed by atoms with van der Waals surface area (Å²) in [7, 11) is 0. The molecule has 104 valence electrons. The van der Waals surface area contributed by atoms with E-state index in [1.54, 1.807) is 0 Å². The summed E-state index contributed by atoms with van der Waals surface area (Å²) in [6.07, 6.45) is 1.62. The molecular formula is C13H16O6. The molecule has 1 aliphatic carbocycles. The number of unbranched alkanes of at least 4 members (excludes halogenated alkanes) is 1. The first-order valence-corrected chi connectivity index (χ1v) is 6.28. The van der Waals surface area contributed by atoms with Gasteiger partial charge in [-0.25, -0.2) is 4.79 Å². The predicted octanol–water partition coefficient (Wildman–Crippen LogP) is 0.262. The van der Waals surface area contributed by atoms with Gasteiger partial charge in [0.15, 0.2) is 11.7 Å². The fourth-order valence-electron chi connectivity index (χ4n) is 2.02. The molecule has 0 amide bonds. The maximum absolute atomic E-state index is 11.9. The predicted molar refractivity (Wildman–Crippen MR) is 63.2 cm³/mol. The Bertz CT molecular complexity index is 436. The number of carbonyl (C=O) groups excluding carboxylic acids is 5. The lowest BCUT2D eigenvalue weighted by Crippen LogP contribution is -2.33. The SMILES string of the molecule is CCCC[C@@H]1C(=O)C(=O)[C@H](C(=O)C(=O)OCC)C1=O. The molecule has 19 heavy (non-hydrogen) atoms. The second-order valence-corrected chi connectivity index (χ2v) is 4.34. The van der Waals surface area contributed by atoms with Gasteiger partial charge in [0.25, 0.3) is 5.78 Å². The Hall–Kier alpha value is -1.85. The zero-order chi connectivity index (χ0) is 14.6. The Balaban J connectivity index is 2.88. The lowest BCUT2D eigenvalue weighted by molar-refractivity contribution is -0.157. The van der Waals surface area contributed by atoms with Crippen LogP contribution >= 0.6 is 0 Å². The smallest absolute Gasteiger partial charge is 0.375 e. The second-order valence-electron chi connectivity index (χ2n) is 4.34. The summed E-state index contributed by atoms with van der Waals surface area (Å²) < 4.78 is 4.46. The molecule has 0 aromatic rings. The Kier molecular flexibility index (Phi) is 5.09. The average molecular weight is 268 g/mol. The maximum Gasteiger partial charge on any atom is 0.375 e. The van der Waals surface area contributed by atoms with Crippen molar-refractivity contribution in [1.29, 1.82) is 0 Å². The van der Waals surface area contributed by atoms with Crippen molar-refractivity contribution in [3.05, 3.63) is 0 Å². The fourth-order valence-corrected chi connectivity index (χ4v) is 2.02. The van der Waals surface area contributed by atoms with Crippen LogP contribution in [-0.4, -0.2) is 35.7 Å². The molecule has 6 nitrogen and oxygen atoms in total. The summed E-state index contributed by atoms with van der Waals surface area (Å²) in [4.78, 5) is 58.1. The van der Waals surface area contributed by atoms with Gasteiger partial charge in [0.2, 0.25) is 11.6 Å². The topological polar surface area (TPSA) is 94.6 Å². The highest BCUT2D eigenvalue weighted by atomic mass is 16.5. The van der Waals surface area contributed by atoms with Crippen LogP contribution in [0.3, 0.4) is 0 Å². The van der Waals surface area contributed by atoms with E-state index in [0.717, 1.165) is 6.42 Å². The zero-order valence-electron chi connectivity index (χ0n) is 10.9. The van der Waals surface area contributed by atoms with Crippen molar-refractivity contribution in [2.45, 2.75) is 33.1 Å². The zero-order valence-corrected chi connectivity index (χ0v) is 10.9. The second kappa shape index (κ2) is 6.36. The third-order valence-electron chi connectivity index (χ3n) is 3.03. The molecule has 1 saturated carbocycles. The molecule has 0 aromatic heterocycles. The summed E-state index contributed by atoms with van der Waals surface area (Å²) in [5.41, 5.74) is 0. The molecule has 0 aromatic carbocycles. The van der Waals surface area contributed by atoms with Gasteiger partial charge in [-0.3, -0.25) is 19.2 Å². The van der Waals surface area contributed by atoms with Gasteiger partial charge < -0.3 is 4.74 Å². The standard InChI is InChI=1S/C13H16O6/c1-3-5-6-7-9(14)8(11(16)10(7)15)12(17)13(18)19-4-2/h7-8H,3-6H2,1-2H3/t7-,8+/m0/s1. The fraction of sp³-hybridized carbons (Fsp3) is 0.615. The first-order chi connectivity index (χ1) is 8.95. The number of carbonyl (C=O) groups is 5. The molecule has 1 aliphatic rings. The molecule has 0 unspecified atom stereocenters. The number of ketones is 4. The number of esters is 1. The summed E-state index contributed by atoms with van der Waals surface area (Å²) >= 11 is 0. The highest BCUT2D eigenvalue weighted by molar-refractivity contribution is 6.60. The first kappa shape index (κ1) is 15.2. The molecular weight excluding hydrogens is 252 g/mol. The monoisotopic (exact) mass is 268 g/mol. The molecule has 0 aliphatic heterocycles. The van der Waals surface area contributed by atoms with Crippen molar-refractivity contribution < 1.29 is 28.7 Å². The van der Waals surface area contributed by atoms with Crippen molar-refractivity contribution in [1.82, 2.24) is 0 Å². The summed E-state index contributed by atoms with van der Waals surface area (Å²) in [5.74, 6) is -8.03. The van der Waals surface area contributed by atoms with E-state index in [-0.39, 0.29) is 13.0 Å². The molecule has 0 N–H and O–H groups in total. The molecule has 1 rings (SSSR count). The van der Waals surface area contributed by atoms with Crippen LogP contribution in [-0.2, 0) is 28.7 Å². The van der Waals surface area contributed by atoms with Crippen LogP contribution < -0.4 is 0 Å². The van der Waals surface area contributed by atoms with Gasteiger partial charge in [0.1, 0.15) is 0 Å². The van der Waals surface area contributed by atoms with E-state index in [9.17, 15) is 24.0 Å². The van der Waals surface area contributed by atoms with E-state index in [4.69, 9.17) is 0 Å². The number of hydrogen-bond acceptors (Lipinski definition) is 6. The van der Waals surface area contributed by atoms with Gasteiger partial charge in [-0.1, -0.05) is 19.8 Å². The third-order valence-corrected chi connectivity index (χ3v) is 3.03.